The van der Waals surface area contributed by atoms with Gasteiger partial charge in [-0.15, -0.1) is 0 Å². The van der Waals surface area contributed by atoms with E-state index in [4.69, 9.17) is 4.74 Å². The van der Waals surface area contributed by atoms with Crippen molar-refractivity contribution in [2.45, 2.75) is 84.8 Å². The second-order valence-corrected chi connectivity index (χ2v) is 5.09. The van der Waals surface area contributed by atoms with Gasteiger partial charge in [-0.25, -0.2) is 0 Å². The summed E-state index contributed by atoms with van der Waals surface area (Å²) in [6, 6.07) is 0. The minimum absolute atomic E-state index is 0.0698. The van der Waals surface area contributed by atoms with E-state index in [0.29, 0.717) is 6.10 Å². The molecule has 0 aliphatic heterocycles. The molecular formula is C13H28O. The molecule has 0 unspecified atom stereocenters. The van der Waals surface area contributed by atoms with Crippen molar-refractivity contribution >= 4 is 0 Å². The Labute approximate surface area is 90.2 Å². The summed E-state index contributed by atoms with van der Waals surface area (Å²) in [4.78, 5) is 0. The first-order valence-corrected chi connectivity index (χ1v) is 6.16. The average molecular weight is 200 g/mol. The van der Waals surface area contributed by atoms with Crippen LogP contribution in [0, 0.1) is 0 Å². The monoisotopic (exact) mass is 200 g/mol. The van der Waals surface area contributed by atoms with Crippen molar-refractivity contribution in [1.29, 1.82) is 0 Å². The van der Waals surface area contributed by atoms with Crippen LogP contribution in [-0.4, -0.2) is 11.7 Å². The summed E-state index contributed by atoms with van der Waals surface area (Å²) in [6.07, 6.45) is 8.29. The highest BCUT2D eigenvalue weighted by molar-refractivity contribution is 4.69. The molecule has 0 amide bonds. The van der Waals surface area contributed by atoms with Gasteiger partial charge >= 0.3 is 0 Å². The lowest BCUT2D eigenvalue weighted by molar-refractivity contribution is -0.0615. The molecule has 0 radical (unpaired) electrons. The molecule has 0 saturated heterocycles. The van der Waals surface area contributed by atoms with Crippen LogP contribution >= 0.6 is 0 Å². The van der Waals surface area contributed by atoms with Crippen LogP contribution in [0.5, 0.6) is 0 Å². The molecule has 0 heterocycles. The van der Waals surface area contributed by atoms with E-state index in [0.717, 1.165) is 0 Å². The summed E-state index contributed by atoms with van der Waals surface area (Å²) in [5.41, 5.74) is 0.0698. The first kappa shape index (κ1) is 14.0. The smallest absolute Gasteiger partial charge is 0.0630 e. The van der Waals surface area contributed by atoms with Crippen molar-refractivity contribution < 1.29 is 4.74 Å². The Balaban J connectivity index is 3.45. The van der Waals surface area contributed by atoms with E-state index in [1.165, 1.54) is 38.5 Å². The summed E-state index contributed by atoms with van der Waals surface area (Å²) in [5, 5.41) is 0. The minimum Gasteiger partial charge on any atom is -0.373 e. The van der Waals surface area contributed by atoms with Gasteiger partial charge in [-0.1, -0.05) is 39.0 Å². The highest BCUT2D eigenvalue weighted by Gasteiger charge is 2.18. The summed E-state index contributed by atoms with van der Waals surface area (Å²) in [7, 11) is 0. The lowest BCUT2D eigenvalue weighted by Crippen LogP contribution is -2.27. The van der Waals surface area contributed by atoms with Gasteiger partial charge in [-0.2, -0.15) is 0 Å². The second kappa shape index (κ2) is 7.28. The predicted octanol–water partition coefficient (Wildman–Crippen LogP) is 4.55. The van der Waals surface area contributed by atoms with E-state index >= 15 is 0 Å². The molecule has 0 aromatic heterocycles. The third-order valence-electron chi connectivity index (χ3n) is 2.44. The molecule has 0 fully saturated rings. The average Bonchev–Trinajstić information content (AvgIpc) is 2.01. The topological polar surface area (TPSA) is 9.23 Å². The third-order valence-corrected chi connectivity index (χ3v) is 2.44. The zero-order valence-corrected chi connectivity index (χ0v) is 10.7. The molecule has 0 aliphatic carbocycles. The maximum atomic E-state index is 5.84. The van der Waals surface area contributed by atoms with Gasteiger partial charge in [0.05, 0.1) is 11.7 Å². The first-order valence-electron chi connectivity index (χ1n) is 6.16. The maximum absolute atomic E-state index is 5.84. The van der Waals surface area contributed by atoms with Gasteiger partial charge in [0.25, 0.3) is 0 Å². The fourth-order valence-electron chi connectivity index (χ4n) is 1.85. The number of rotatable bonds is 8. The molecule has 0 bridgehead atoms. The highest BCUT2D eigenvalue weighted by atomic mass is 16.5. The fraction of sp³-hybridized carbons (Fsp3) is 1.00. The van der Waals surface area contributed by atoms with Crippen LogP contribution in [0.1, 0.15) is 73.1 Å². The Kier molecular flexibility index (Phi) is 7.26. The van der Waals surface area contributed by atoms with Crippen LogP contribution in [0.3, 0.4) is 0 Å². The van der Waals surface area contributed by atoms with Crippen LogP contribution in [0.25, 0.3) is 0 Å². The SMILES string of the molecule is CCCCCCCC(C)(C)OC(C)C. The number of hydrogen-bond donors (Lipinski definition) is 0. The molecule has 0 aromatic rings. The second-order valence-electron chi connectivity index (χ2n) is 5.09. The van der Waals surface area contributed by atoms with Crippen molar-refractivity contribution in [2.75, 3.05) is 0 Å². The fourth-order valence-corrected chi connectivity index (χ4v) is 1.85. The van der Waals surface area contributed by atoms with E-state index in [1.54, 1.807) is 0 Å². The Morgan fingerprint density at radius 2 is 1.57 bits per heavy atom. The summed E-state index contributed by atoms with van der Waals surface area (Å²) in [6.45, 7) is 10.9. The zero-order chi connectivity index (χ0) is 11.0. The van der Waals surface area contributed by atoms with E-state index in [1.807, 2.05) is 0 Å². The highest BCUT2D eigenvalue weighted by Crippen LogP contribution is 2.20. The third kappa shape index (κ3) is 8.55. The molecule has 1 heteroatoms. The molecule has 0 aromatic carbocycles. The molecule has 0 aliphatic rings. The van der Waals surface area contributed by atoms with E-state index < -0.39 is 0 Å². The van der Waals surface area contributed by atoms with Crippen molar-refractivity contribution in [3.8, 4) is 0 Å². The largest absolute Gasteiger partial charge is 0.373 e. The summed E-state index contributed by atoms with van der Waals surface area (Å²) in [5.74, 6) is 0. The van der Waals surface area contributed by atoms with Crippen LogP contribution in [0.15, 0.2) is 0 Å². The molecule has 14 heavy (non-hydrogen) atoms. The normalized spacial score (nSPS) is 12.4. The zero-order valence-electron chi connectivity index (χ0n) is 10.7. The van der Waals surface area contributed by atoms with Gasteiger partial charge in [0.2, 0.25) is 0 Å². The first-order chi connectivity index (χ1) is 6.48. The standard InChI is InChI=1S/C13H28O/c1-6-7-8-9-10-11-13(4,5)14-12(2)3/h12H,6-11H2,1-5H3. The number of hydrogen-bond acceptors (Lipinski definition) is 1. The molecule has 0 atom stereocenters. The van der Waals surface area contributed by atoms with Crippen LogP contribution < -0.4 is 0 Å². The molecule has 86 valence electrons. The van der Waals surface area contributed by atoms with Crippen molar-refractivity contribution in [3.05, 3.63) is 0 Å². The van der Waals surface area contributed by atoms with Gasteiger partial charge in [0, 0.05) is 0 Å². The molecule has 1 nitrogen and oxygen atoms in total. The van der Waals surface area contributed by atoms with Crippen LogP contribution in [0.2, 0.25) is 0 Å². The quantitative estimate of drug-likeness (QED) is 0.522. The maximum Gasteiger partial charge on any atom is 0.0630 e. The van der Waals surface area contributed by atoms with Crippen molar-refractivity contribution in [3.63, 3.8) is 0 Å². The van der Waals surface area contributed by atoms with E-state index in [-0.39, 0.29) is 5.60 Å². The molecule has 0 N–H and O–H groups in total. The number of unbranched alkanes of at least 4 members (excludes halogenated alkanes) is 4. The van der Waals surface area contributed by atoms with E-state index in [2.05, 4.69) is 34.6 Å². The van der Waals surface area contributed by atoms with Crippen molar-refractivity contribution in [2.24, 2.45) is 0 Å². The molecule has 0 saturated carbocycles. The lowest BCUT2D eigenvalue weighted by Gasteiger charge is -2.27. The Hall–Kier alpha value is -0.0400. The molecule has 0 spiro atoms. The van der Waals surface area contributed by atoms with Crippen LogP contribution in [-0.2, 0) is 4.74 Å². The summed E-state index contributed by atoms with van der Waals surface area (Å²) < 4.78 is 5.84. The van der Waals surface area contributed by atoms with Gasteiger partial charge in [-0.05, 0) is 34.1 Å². The Morgan fingerprint density at radius 3 is 2.07 bits per heavy atom. The van der Waals surface area contributed by atoms with Gasteiger partial charge in [0.1, 0.15) is 0 Å². The van der Waals surface area contributed by atoms with Gasteiger partial charge < -0.3 is 4.74 Å². The van der Waals surface area contributed by atoms with Gasteiger partial charge in [0.15, 0.2) is 0 Å². The molecule has 0 rings (SSSR count). The Morgan fingerprint density at radius 1 is 1.00 bits per heavy atom. The predicted molar refractivity (Wildman–Crippen MR) is 63.7 cm³/mol. The van der Waals surface area contributed by atoms with Crippen molar-refractivity contribution in [1.82, 2.24) is 0 Å². The summed E-state index contributed by atoms with van der Waals surface area (Å²) >= 11 is 0. The Bertz CT molecular complexity index is 127. The molecular weight excluding hydrogens is 172 g/mol. The van der Waals surface area contributed by atoms with E-state index in [9.17, 15) is 0 Å². The minimum atomic E-state index is 0.0698. The lowest BCUT2D eigenvalue weighted by atomic mass is 9.99. The van der Waals surface area contributed by atoms with Gasteiger partial charge in [-0.3, -0.25) is 0 Å². The van der Waals surface area contributed by atoms with Crippen LogP contribution in [0.4, 0.5) is 0 Å². The number of ether oxygens (including phenoxy) is 1.